The Balaban J connectivity index is 1.31. The molecule has 0 amide bonds. The van der Waals surface area contributed by atoms with Crippen LogP contribution in [0.2, 0.25) is 0 Å². The van der Waals surface area contributed by atoms with Crippen molar-refractivity contribution in [2.45, 2.75) is 6.92 Å². The Morgan fingerprint density at radius 3 is 1.43 bits per heavy atom. The molecule has 0 heterocycles. The summed E-state index contributed by atoms with van der Waals surface area (Å²) in [4.78, 5) is 14.1. The summed E-state index contributed by atoms with van der Waals surface area (Å²) in [7, 11) is 0. The molecule has 1 N–H and O–H groups in total. The molecule has 0 aliphatic carbocycles. The molecule has 0 bridgehead atoms. The number of benzene rings is 6. The van der Waals surface area contributed by atoms with Crippen molar-refractivity contribution in [1.29, 1.82) is 0 Å². The second-order valence-corrected chi connectivity index (χ2v) is 11.3. The highest BCUT2D eigenvalue weighted by Crippen LogP contribution is 2.37. The van der Waals surface area contributed by atoms with Crippen molar-refractivity contribution in [3.8, 4) is 22.3 Å². The van der Waals surface area contributed by atoms with Gasteiger partial charge in [0.15, 0.2) is 6.29 Å². The number of aldehydes is 1. The summed E-state index contributed by atoms with van der Waals surface area (Å²) in [5.74, 6) is 0. The van der Waals surface area contributed by atoms with E-state index in [4.69, 9.17) is 0 Å². The maximum Gasteiger partial charge on any atom is 0.152 e. The summed E-state index contributed by atoms with van der Waals surface area (Å²) >= 11 is 0. The Morgan fingerprint density at radius 1 is 0.553 bits per heavy atom. The zero-order valence-electron chi connectivity index (χ0n) is 26.4. The van der Waals surface area contributed by atoms with Gasteiger partial charge in [0.1, 0.15) is 0 Å². The van der Waals surface area contributed by atoms with E-state index < -0.39 is 0 Å². The van der Waals surface area contributed by atoms with Crippen LogP contribution in [0.1, 0.15) is 34.0 Å². The molecule has 0 saturated heterocycles. The third-order valence-corrected chi connectivity index (χ3v) is 8.15. The summed E-state index contributed by atoms with van der Waals surface area (Å²) in [6.07, 6.45) is 6.43. The molecule has 0 saturated carbocycles. The van der Waals surface area contributed by atoms with E-state index >= 15 is 0 Å². The average Bonchev–Trinajstić information content (AvgIpc) is 3.13. The van der Waals surface area contributed by atoms with Crippen molar-refractivity contribution in [1.82, 2.24) is 0 Å². The molecule has 228 valence electrons. The smallest absolute Gasteiger partial charge is 0.152 e. The Bertz CT molecular complexity index is 1940. The highest BCUT2D eigenvalue weighted by Gasteiger charge is 2.14. The lowest BCUT2D eigenvalue weighted by atomic mass is 10.0. The van der Waals surface area contributed by atoms with Gasteiger partial charge in [-0.1, -0.05) is 122 Å². The Kier molecular flexibility index (Phi) is 9.36. The molecule has 6 aromatic rings. The largest absolute Gasteiger partial charge is 0.359 e. The molecule has 3 nitrogen and oxygen atoms in total. The van der Waals surface area contributed by atoms with Crippen LogP contribution in [0, 0.1) is 0 Å². The maximum absolute atomic E-state index is 11.8. The molecule has 47 heavy (non-hydrogen) atoms. The molecular formula is C44H36N2O. The molecule has 6 aromatic carbocycles. The molecule has 0 aliphatic heterocycles. The third kappa shape index (κ3) is 7.06. The molecular weight excluding hydrogens is 572 g/mol. The van der Waals surface area contributed by atoms with Crippen molar-refractivity contribution in [3.63, 3.8) is 0 Å². The Morgan fingerprint density at radius 2 is 0.979 bits per heavy atom. The van der Waals surface area contributed by atoms with E-state index in [9.17, 15) is 4.79 Å². The van der Waals surface area contributed by atoms with Gasteiger partial charge in [0.05, 0.1) is 0 Å². The Hall–Kier alpha value is -6.19. The van der Waals surface area contributed by atoms with Crippen LogP contribution in [0.15, 0.2) is 164 Å². The first-order chi connectivity index (χ1) is 23.1. The fraction of sp³-hybridized carbons (Fsp3) is 0.0227. The first kappa shape index (κ1) is 30.8. The van der Waals surface area contributed by atoms with Gasteiger partial charge in [0.25, 0.3) is 0 Å². The molecule has 0 aliphatic rings. The van der Waals surface area contributed by atoms with Gasteiger partial charge in [0.2, 0.25) is 0 Å². The SMILES string of the molecule is C=Cc1cc(C=O)c(N/C(C)=C\c2ccc(N(c3ccc(-c4ccccc4)cc3)c3ccc(-c4ccccc4)cc3)cc2)cc1C=C. The number of anilines is 4. The molecule has 0 aromatic heterocycles. The highest BCUT2D eigenvalue weighted by atomic mass is 16.1. The number of carbonyl (C=O) groups excluding carboxylic acids is 1. The van der Waals surface area contributed by atoms with E-state index in [1.54, 1.807) is 12.2 Å². The first-order valence-corrected chi connectivity index (χ1v) is 15.6. The van der Waals surface area contributed by atoms with Crippen molar-refractivity contribution in [2.24, 2.45) is 0 Å². The highest BCUT2D eigenvalue weighted by molar-refractivity contribution is 5.89. The summed E-state index contributed by atoms with van der Waals surface area (Å²) in [5, 5.41) is 3.40. The number of allylic oxidation sites excluding steroid dienone is 1. The van der Waals surface area contributed by atoms with E-state index in [1.165, 1.54) is 22.3 Å². The van der Waals surface area contributed by atoms with Gasteiger partial charge in [-0.15, -0.1) is 0 Å². The van der Waals surface area contributed by atoms with Crippen LogP contribution < -0.4 is 10.2 Å². The second-order valence-electron chi connectivity index (χ2n) is 11.3. The van der Waals surface area contributed by atoms with Crippen molar-refractivity contribution in [3.05, 3.63) is 187 Å². The number of hydrogen-bond donors (Lipinski definition) is 1. The molecule has 6 rings (SSSR count). The summed E-state index contributed by atoms with van der Waals surface area (Å²) in [6.45, 7) is 9.75. The predicted molar refractivity (Wildman–Crippen MR) is 201 cm³/mol. The van der Waals surface area contributed by atoms with Gasteiger partial charge >= 0.3 is 0 Å². The second kappa shape index (κ2) is 14.3. The van der Waals surface area contributed by atoms with E-state index in [1.807, 2.05) is 31.2 Å². The average molecular weight is 609 g/mol. The van der Waals surface area contributed by atoms with Crippen molar-refractivity contribution < 1.29 is 4.79 Å². The Labute approximate surface area is 277 Å². The quantitative estimate of drug-likeness (QED) is 0.149. The van der Waals surface area contributed by atoms with E-state index in [-0.39, 0.29) is 0 Å². The van der Waals surface area contributed by atoms with Crippen LogP contribution in [0.5, 0.6) is 0 Å². The lowest BCUT2D eigenvalue weighted by Gasteiger charge is -2.26. The monoisotopic (exact) mass is 608 g/mol. The molecule has 0 unspecified atom stereocenters. The number of nitrogens with zero attached hydrogens (tertiary/aromatic N) is 1. The summed E-state index contributed by atoms with van der Waals surface area (Å²) in [5.41, 5.74) is 13.0. The van der Waals surface area contributed by atoms with Gasteiger partial charge in [-0.25, -0.2) is 0 Å². The predicted octanol–water partition coefficient (Wildman–Crippen LogP) is 12.1. The van der Waals surface area contributed by atoms with Crippen LogP contribution in [-0.2, 0) is 0 Å². The standard InChI is InChI=1S/C44H36N2O/c1-4-34-29-40(31-47)44(30-35(34)5-2)45-32(3)28-33-16-22-41(23-17-33)46(42-24-18-38(19-25-42)36-12-8-6-9-13-36)43-26-20-39(21-27-43)37-14-10-7-11-15-37/h4-31,45H,1-2H2,3H3/b32-28-. The fourth-order valence-electron chi connectivity index (χ4n) is 5.74. The fourth-order valence-corrected chi connectivity index (χ4v) is 5.74. The normalized spacial score (nSPS) is 11.0. The van der Waals surface area contributed by atoms with Crippen LogP contribution in [0.25, 0.3) is 40.5 Å². The first-order valence-electron chi connectivity index (χ1n) is 15.6. The molecule has 0 spiro atoms. The van der Waals surface area contributed by atoms with Gasteiger partial charge < -0.3 is 10.2 Å². The minimum atomic E-state index is 0.570. The van der Waals surface area contributed by atoms with Gasteiger partial charge in [0, 0.05) is 34.0 Å². The van der Waals surface area contributed by atoms with Crippen molar-refractivity contribution >= 4 is 47.3 Å². The minimum absolute atomic E-state index is 0.570. The molecule has 0 radical (unpaired) electrons. The zero-order chi connectivity index (χ0) is 32.6. The lowest BCUT2D eigenvalue weighted by Crippen LogP contribution is -2.09. The van der Waals surface area contributed by atoms with Crippen molar-refractivity contribution in [2.75, 3.05) is 10.2 Å². The number of nitrogens with one attached hydrogen (secondary N) is 1. The number of carbonyl (C=O) groups is 1. The number of hydrogen-bond acceptors (Lipinski definition) is 3. The van der Waals surface area contributed by atoms with E-state index in [0.29, 0.717) is 5.56 Å². The van der Waals surface area contributed by atoms with Gasteiger partial charge in [-0.2, -0.15) is 0 Å². The van der Waals surface area contributed by atoms with Crippen LogP contribution >= 0.6 is 0 Å². The molecule has 0 atom stereocenters. The van der Waals surface area contributed by atoms with Gasteiger partial charge in [-0.3, -0.25) is 4.79 Å². The van der Waals surface area contributed by atoms with Crippen LogP contribution in [0.3, 0.4) is 0 Å². The maximum atomic E-state index is 11.8. The van der Waals surface area contributed by atoms with E-state index in [0.717, 1.165) is 51.4 Å². The summed E-state index contributed by atoms with van der Waals surface area (Å²) in [6, 6.07) is 50.5. The van der Waals surface area contributed by atoms with Crippen LogP contribution in [0.4, 0.5) is 22.7 Å². The molecule has 0 fully saturated rings. The van der Waals surface area contributed by atoms with Gasteiger partial charge in [-0.05, 0) is 100 Å². The lowest BCUT2D eigenvalue weighted by molar-refractivity contribution is 0.112. The van der Waals surface area contributed by atoms with Crippen LogP contribution in [-0.4, -0.2) is 6.29 Å². The minimum Gasteiger partial charge on any atom is -0.359 e. The molecule has 3 heteroatoms. The summed E-state index contributed by atoms with van der Waals surface area (Å²) < 4.78 is 0. The number of rotatable bonds is 11. The third-order valence-electron chi connectivity index (χ3n) is 8.15. The van der Waals surface area contributed by atoms with E-state index in [2.05, 4.69) is 151 Å². The zero-order valence-corrected chi connectivity index (χ0v) is 26.4. The topological polar surface area (TPSA) is 32.3 Å².